The van der Waals surface area contributed by atoms with Crippen molar-refractivity contribution in [3.63, 3.8) is 0 Å². The summed E-state index contributed by atoms with van der Waals surface area (Å²) >= 11 is 3.29. The van der Waals surface area contributed by atoms with E-state index >= 15 is 0 Å². The first-order chi connectivity index (χ1) is 8.11. The number of rotatable bonds is 5. The first-order valence-corrected chi connectivity index (χ1v) is 5.84. The number of hydrogen-bond acceptors (Lipinski definition) is 2. The van der Waals surface area contributed by atoms with Crippen molar-refractivity contribution in [2.24, 2.45) is 0 Å². The summed E-state index contributed by atoms with van der Waals surface area (Å²) in [5.74, 6) is -0.659. The molecule has 0 aromatic heterocycles. The lowest BCUT2D eigenvalue weighted by Crippen LogP contribution is -2.28. The van der Waals surface area contributed by atoms with E-state index in [0.29, 0.717) is 12.2 Å². The zero-order valence-corrected chi connectivity index (χ0v) is 10.8. The molecular weight excluding hydrogens is 284 g/mol. The van der Waals surface area contributed by atoms with Crippen LogP contribution in [0.15, 0.2) is 41.4 Å². The number of halogens is 1. The van der Waals surface area contributed by atoms with E-state index in [-0.39, 0.29) is 18.2 Å². The van der Waals surface area contributed by atoms with E-state index in [4.69, 9.17) is 0 Å². The van der Waals surface area contributed by atoms with Crippen molar-refractivity contribution in [1.82, 2.24) is 5.32 Å². The van der Waals surface area contributed by atoms with Crippen molar-refractivity contribution in [1.29, 1.82) is 0 Å². The average Bonchev–Trinajstić information content (AvgIpc) is 2.29. The van der Waals surface area contributed by atoms with Gasteiger partial charge in [-0.3, -0.25) is 9.59 Å². The van der Waals surface area contributed by atoms with Crippen molar-refractivity contribution in [3.8, 4) is 0 Å². The van der Waals surface area contributed by atoms with Crippen LogP contribution in [0.4, 0.5) is 5.69 Å². The molecule has 1 rings (SSSR count). The smallest absolute Gasteiger partial charge is 0.233 e. The first kappa shape index (κ1) is 13.4. The molecule has 1 aromatic carbocycles. The van der Waals surface area contributed by atoms with Gasteiger partial charge in [0.05, 0.1) is 0 Å². The molecule has 0 aliphatic carbocycles. The lowest BCUT2D eigenvalue weighted by molar-refractivity contribution is -0.126. The fourth-order valence-corrected chi connectivity index (χ4v) is 1.40. The maximum atomic E-state index is 11.5. The van der Waals surface area contributed by atoms with Crippen LogP contribution in [-0.2, 0) is 9.59 Å². The van der Waals surface area contributed by atoms with Gasteiger partial charge in [-0.25, -0.2) is 0 Å². The van der Waals surface area contributed by atoms with E-state index in [0.717, 1.165) is 4.47 Å². The average molecular weight is 297 g/mol. The Bertz CT molecular complexity index is 415. The van der Waals surface area contributed by atoms with Crippen molar-refractivity contribution in [3.05, 3.63) is 41.4 Å². The van der Waals surface area contributed by atoms with Gasteiger partial charge in [0.1, 0.15) is 6.42 Å². The Kier molecular flexibility index (Phi) is 5.42. The maximum absolute atomic E-state index is 11.5. The van der Waals surface area contributed by atoms with Crippen molar-refractivity contribution >= 4 is 33.4 Å². The number of amides is 2. The van der Waals surface area contributed by atoms with Crippen LogP contribution in [0.3, 0.4) is 0 Å². The van der Waals surface area contributed by atoms with Gasteiger partial charge in [0.15, 0.2) is 0 Å². The van der Waals surface area contributed by atoms with Crippen molar-refractivity contribution < 1.29 is 9.59 Å². The normalized spacial score (nSPS) is 9.47. The quantitative estimate of drug-likeness (QED) is 0.646. The SMILES string of the molecule is C=CCNC(=O)CC(=O)Nc1ccc(Br)cc1. The van der Waals surface area contributed by atoms with Gasteiger partial charge < -0.3 is 10.6 Å². The predicted molar refractivity (Wildman–Crippen MR) is 70.6 cm³/mol. The van der Waals surface area contributed by atoms with Gasteiger partial charge in [0.2, 0.25) is 11.8 Å². The monoisotopic (exact) mass is 296 g/mol. The van der Waals surface area contributed by atoms with Crippen LogP contribution in [-0.4, -0.2) is 18.4 Å². The molecule has 0 aliphatic rings. The molecule has 0 unspecified atom stereocenters. The highest BCUT2D eigenvalue weighted by atomic mass is 79.9. The van der Waals surface area contributed by atoms with Gasteiger partial charge in [-0.2, -0.15) is 0 Å². The van der Waals surface area contributed by atoms with Gasteiger partial charge >= 0.3 is 0 Å². The summed E-state index contributed by atoms with van der Waals surface area (Å²) in [6, 6.07) is 7.13. The fraction of sp³-hybridized carbons (Fsp3) is 0.167. The van der Waals surface area contributed by atoms with Gasteiger partial charge in [-0.05, 0) is 24.3 Å². The second-order valence-corrected chi connectivity index (χ2v) is 4.24. The topological polar surface area (TPSA) is 58.2 Å². The molecule has 0 fully saturated rings. The molecule has 0 saturated carbocycles. The molecule has 0 spiro atoms. The molecule has 0 radical (unpaired) electrons. The Labute approximate surface area is 108 Å². The lowest BCUT2D eigenvalue weighted by Gasteiger charge is -2.05. The number of carbonyl (C=O) groups is 2. The molecule has 0 heterocycles. The number of hydrogen-bond donors (Lipinski definition) is 2. The number of anilines is 1. The minimum absolute atomic E-state index is 0.191. The van der Waals surface area contributed by atoms with Gasteiger partial charge in [-0.1, -0.05) is 22.0 Å². The fourth-order valence-electron chi connectivity index (χ4n) is 1.13. The number of benzene rings is 1. The molecule has 2 amide bonds. The zero-order chi connectivity index (χ0) is 12.7. The molecule has 0 saturated heterocycles. The molecule has 1 aromatic rings. The highest BCUT2D eigenvalue weighted by molar-refractivity contribution is 9.10. The Morgan fingerprint density at radius 2 is 1.88 bits per heavy atom. The van der Waals surface area contributed by atoms with E-state index in [9.17, 15) is 9.59 Å². The molecule has 4 nitrogen and oxygen atoms in total. The summed E-state index contributed by atoms with van der Waals surface area (Å²) < 4.78 is 0.930. The van der Waals surface area contributed by atoms with Crippen LogP contribution in [0.5, 0.6) is 0 Å². The summed E-state index contributed by atoms with van der Waals surface area (Å²) in [6.07, 6.45) is 1.37. The Morgan fingerprint density at radius 3 is 2.47 bits per heavy atom. The lowest BCUT2D eigenvalue weighted by atomic mass is 10.3. The molecular formula is C12H13BrN2O2. The number of nitrogens with one attached hydrogen (secondary N) is 2. The summed E-state index contributed by atoms with van der Waals surface area (Å²) in [4.78, 5) is 22.7. The maximum Gasteiger partial charge on any atom is 0.233 e. The summed E-state index contributed by atoms with van der Waals surface area (Å²) in [6.45, 7) is 3.83. The second-order valence-electron chi connectivity index (χ2n) is 3.32. The van der Waals surface area contributed by atoms with Gasteiger partial charge in [0, 0.05) is 16.7 Å². The third-order valence-corrected chi connectivity index (χ3v) is 2.42. The van der Waals surface area contributed by atoms with E-state index in [1.807, 2.05) is 12.1 Å². The van der Waals surface area contributed by atoms with Crippen LogP contribution in [0.1, 0.15) is 6.42 Å². The molecule has 90 valence electrons. The van der Waals surface area contributed by atoms with Crippen LogP contribution < -0.4 is 10.6 Å². The van der Waals surface area contributed by atoms with Crippen LogP contribution in [0.2, 0.25) is 0 Å². The first-order valence-electron chi connectivity index (χ1n) is 5.05. The van der Waals surface area contributed by atoms with E-state index in [1.54, 1.807) is 18.2 Å². The highest BCUT2D eigenvalue weighted by Crippen LogP contribution is 2.14. The van der Waals surface area contributed by atoms with Gasteiger partial charge in [0.25, 0.3) is 0 Å². The van der Waals surface area contributed by atoms with E-state index in [2.05, 4.69) is 33.1 Å². The Hall–Kier alpha value is -1.62. The van der Waals surface area contributed by atoms with Crippen LogP contribution >= 0.6 is 15.9 Å². The minimum atomic E-state index is -0.339. The molecule has 17 heavy (non-hydrogen) atoms. The molecule has 0 aliphatic heterocycles. The third kappa shape index (κ3) is 5.31. The van der Waals surface area contributed by atoms with Crippen LogP contribution in [0.25, 0.3) is 0 Å². The van der Waals surface area contributed by atoms with Gasteiger partial charge in [-0.15, -0.1) is 6.58 Å². The minimum Gasteiger partial charge on any atom is -0.352 e. The summed E-state index contributed by atoms with van der Waals surface area (Å²) in [7, 11) is 0. The van der Waals surface area contributed by atoms with E-state index < -0.39 is 0 Å². The Morgan fingerprint density at radius 1 is 1.24 bits per heavy atom. The predicted octanol–water partition coefficient (Wildman–Crippen LogP) is 2.08. The zero-order valence-electron chi connectivity index (χ0n) is 9.20. The summed E-state index contributed by atoms with van der Waals surface area (Å²) in [5, 5.41) is 5.16. The second kappa shape index (κ2) is 6.85. The van der Waals surface area contributed by atoms with Crippen molar-refractivity contribution in [2.45, 2.75) is 6.42 Å². The Balaban J connectivity index is 2.41. The third-order valence-electron chi connectivity index (χ3n) is 1.89. The molecule has 0 bridgehead atoms. The molecule has 5 heteroatoms. The highest BCUT2D eigenvalue weighted by Gasteiger charge is 2.08. The summed E-state index contributed by atoms with van der Waals surface area (Å²) in [5.41, 5.74) is 0.662. The standard InChI is InChI=1S/C12H13BrN2O2/c1-2-7-14-11(16)8-12(17)15-10-5-3-9(13)4-6-10/h2-6H,1,7-8H2,(H,14,16)(H,15,17). The number of carbonyl (C=O) groups excluding carboxylic acids is 2. The largest absolute Gasteiger partial charge is 0.352 e. The molecule has 2 N–H and O–H groups in total. The molecule has 0 atom stereocenters. The van der Waals surface area contributed by atoms with Crippen molar-refractivity contribution in [2.75, 3.05) is 11.9 Å². The van der Waals surface area contributed by atoms with Crippen LogP contribution in [0, 0.1) is 0 Å². The van der Waals surface area contributed by atoms with E-state index in [1.165, 1.54) is 0 Å².